The molecule has 0 aromatic carbocycles. The number of nitrogens with zero attached hydrogens (tertiary/aromatic N) is 1. The van der Waals surface area contributed by atoms with Crippen molar-refractivity contribution in [3.05, 3.63) is 30.6 Å². The molecule has 0 aliphatic heterocycles. The summed E-state index contributed by atoms with van der Waals surface area (Å²) in [6.45, 7) is 0. The number of halogens is 3. The smallest absolute Gasteiger partial charge is 1.00 e. The minimum atomic E-state index is 0. The molecule has 0 aliphatic rings. The molecule has 0 bridgehead atoms. The first kappa shape index (κ1) is 22.4. The molecule has 1 rings (SSSR count). The van der Waals surface area contributed by atoms with Gasteiger partial charge < -0.3 is 50.9 Å². The summed E-state index contributed by atoms with van der Waals surface area (Å²) in [4.78, 5) is 3.78. The van der Waals surface area contributed by atoms with Gasteiger partial charge in [0.25, 0.3) is 0 Å². The average Bonchev–Trinajstić information content (AvgIpc) is 1.72. The van der Waals surface area contributed by atoms with Crippen molar-refractivity contribution in [1.82, 2.24) is 4.98 Å². The molecule has 10 heavy (non-hydrogen) atoms. The van der Waals surface area contributed by atoms with Gasteiger partial charge in [0, 0.05) is 12.4 Å². The zero-order valence-corrected chi connectivity index (χ0v) is 9.80. The van der Waals surface area contributed by atoms with Crippen LogP contribution in [0.1, 0.15) is 0 Å². The molecule has 0 unspecified atom stereocenters. The van der Waals surface area contributed by atoms with E-state index in [0.29, 0.717) is 0 Å². The number of hydrogen-bond acceptors (Lipinski definition) is 1. The Morgan fingerprint density at radius 3 is 1.20 bits per heavy atom. The first-order valence-electron chi connectivity index (χ1n) is 1.85. The normalized spacial score (nSPS) is 4.80. The Bertz CT molecular complexity index is 88.8. The molecule has 1 heterocycles. The van der Waals surface area contributed by atoms with Crippen molar-refractivity contribution in [3.8, 4) is 0 Å². The Morgan fingerprint density at radius 2 is 1.10 bits per heavy atom. The van der Waals surface area contributed by atoms with E-state index in [1.54, 1.807) is 12.4 Å². The number of pyridine rings is 1. The van der Waals surface area contributed by atoms with Gasteiger partial charge in [-0.25, -0.2) is 0 Å². The fraction of sp³-hybridized carbons (Fsp3) is 0. The van der Waals surface area contributed by atoms with Gasteiger partial charge in [-0.05, 0) is 12.1 Å². The zero-order chi connectivity index (χ0) is 4.24. The number of hydrogen-bond donors (Lipinski definition) is 0. The van der Waals surface area contributed by atoms with Gasteiger partial charge in [-0.15, -0.1) is 0 Å². The largest absolute Gasteiger partial charge is 3.00 e. The van der Waals surface area contributed by atoms with Crippen molar-refractivity contribution in [3.63, 3.8) is 0 Å². The van der Waals surface area contributed by atoms with Crippen LogP contribution in [-0.2, 0) is 0 Å². The summed E-state index contributed by atoms with van der Waals surface area (Å²) >= 11 is 0. The molecular weight excluding hydrogens is 325 g/mol. The summed E-state index contributed by atoms with van der Waals surface area (Å²) in [6, 6.07) is 5.72. The van der Waals surface area contributed by atoms with Gasteiger partial charge in [0.05, 0.1) is 0 Å². The predicted octanol–water partition coefficient (Wildman–Crippen LogP) is -8.29. The van der Waals surface area contributed by atoms with Crippen molar-refractivity contribution in [1.29, 1.82) is 0 Å². The third-order valence-electron chi connectivity index (χ3n) is 0.566. The Kier molecular flexibility index (Phi) is 36.6. The maximum Gasteiger partial charge on any atom is 3.00 e. The van der Waals surface area contributed by atoms with Crippen LogP contribution in [0.15, 0.2) is 30.6 Å². The zero-order valence-electron chi connectivity index (χ0n) is 5.05. The van der Waals surface area contributed by atoms with E-state index in [9.17, 15) is 0 Å². The Morgan fingerprint density at radius 1 is 0.700 bits per heavy atom. The summed E-state index contributed by atoms with van der Waals surface area (Å²) in [5, 5.41) is 0. The summed E-state index contributed by atoms with van der Waals surface area (Å²) in [7, 11) is 0. The van der Waals surface area contributed by atoms with E-state index < -0.39 is 0 Å². The van der Waals surface area contributed by atoms with Crippen LogP contribution in [0, 0.1) is 0 Å². The van der Waals surface area contributed by atoms with E-state index in [2.05, 4.69) is 4.98 Å². The molecule has 0 amide bonds. The Balaban J connectivity index is -0.0000000450. The van der Waals surface area contributed by atoms with Gasteiger partial charge in [-0.3, -0.25) is 4.98 Å². The molecule has 0 saturated carbocycles. The summed E-state index contributed by atoms with van der Waals surface area (Å²) < 4.78 is 0. The standard InChI is InChI=1S/C5H5N.B.3BrH/c1-2-4-6-5-3-1;;;;/h1-5H;;3*1H/q;+3;;;/p-3. The van der Waals surface area contributed by atoms with Crippen LogP contribution >= 0.6 is 0 Å². The molecule has 0 aliphatic carbocycles. The van der Waals surface area contributed by atoms with E-state index in [1.807, 2.05) is 18.2 Å². The fourth-order valence-corrected chi connectivity index (χ4v) is 0.313. The Labute approximate surface area is 94.5 Å². The molecule has 54 valence electrons. The van der Waals surface area contributed by atoms with Crippen LogP contribution in [0.4, 0.5) is 0 Å². The van der Waals surface area contributed by atoms with E-state index >= 15 is 0 Å². The van der Waals surface area contributed by atoms with E-state index in [1.165, 1.54) is 0 Å². The minimum absolute atomic E-state index is 0. The van der Waals surface area contributed by atoms with Gasteiger partial charge >= 0.3 is 8.41 Å². The first-order valence-corrected chi connectivity index (χ1v) is 1.85. The third kappa shape index (κ3) is 11.5. The van der Waals surface area contributed by atoms with Gasteiger partial charge in [0.15, 0.2) is 0 Å². The maximum absolute atomic E-state index is 3.78. The third-order valence-corrected chi connectivity index (χ3v) is 0.566. The topological polar surface area (TPSA) is 12.9 Å². The fourth-order valence-electron chi connectivity index (χ4n) is 0.313. The molecule has 0 fully saturated rings. The summed E-state index contributed by atoms with van der Waals surface area (Å²) in [5.74, 6) is 0. The summed E-state index contributed by atoms with van der Waals surface area (Å²) in [5.41, 5.74) is 0. The molecule has 0 atom stereocenters. The van der Waals surface area contributed by atoms with Crippen LogP contribution in [0.3, 0.4) is 0 Å². The van der Waals surface area contributed by atoms with Crippen LogP contribution in [-0.4, -0.2) is 13.4 Å². The monoisotopic (exact) mass is 327 g/mol. The molecule has 0 saturated heterocycles. The van der Waals surface area contributed by atoms with Gasteiger partial charge in [-0.2, -0.15) is 0 Å². The molecule has 0 spiro atoms. The molecule has 0 radical (unpaired) electrons. The predicted molar refractivity (Wildman–Crippen MR) is 30.0 cm³/mol. The first-order chi connectivity index (χ1) is 3.00. The molecule has 1 aromatic rings. The minimum Gasteiger partial charge on any atom is -1.00 e. The van der Waals surface area contributed by atoms with Crippen LogP contribution in [0.25, 0.3) is 0 Å². The van der Waals surface area contributed by atoms with Gasteiger partial charge in [0.1, 0.15) is 0 Å². The second-order valence-electron chi connectivity index (χ2n) is 1.02. The van der Waals surface area contributed by atoms with Crippen LogP contribution in [0.5, 0.6) is 0 Å². The van der Waals surface area contributed by atoms with Crippen LogP contribution < -0.4 is 50.9 Å². The van der Waals surface area contributed by atoms with Crippen molar-refractivity contribution in [2.45, 2.75) is 0 Å². The SMILES string of the molecule is [B+3].[Br-].[Br-].[Br-].c1ccncc1. The van der Waals surface area contributed by atoms with E-state index in [4.69, 9.17) is 0 Å². The average molecular weight is 330 g/mol. The molecule has 5 heteroatoms. The van der Waals surface area contributed by atoms with Gasteiger partial charge in [0.2, 0.25) is 0 Å². The molecular formula is C5H5BBr3N. The Hall–Kier alpha value is 0.655. The number of aromatic nitrogens is 1. The second kappa shape index (κ2) is 16.3. The quantitative estimate of drug-likeness (QED) is 0.431. The van der Waals surface area contributed by atoms with E-state index in [-0.39, 0.29) is 59.4 Å². The maximum atomic E-state index is 3.78. The molecule has 0 N–H and O–H groups in total. The second-order valence-corrected chi connectivity index (χ2v) is 1.02. The van der Waals surface area contributed by atoms with Crippen molar-refractivity contribution in [2.75, 3.05) is 0 Å². The van der Waals surface area contributed by atoms with Crippen molar-refractivity contribution >= 4 is 8.41 Å². The van der Waals surface area contributed by atoms with Gasteiger partial charge in [-0.1, -0.05) is 6.07 Å². The molecule has 1 nitrogen and oxygen atoms in total. The van der Waals surface area contributed by atoms with Crippen LogP contribution in [0.2, 0.25) is 0 Å². The van der Waals surface area contributed by atoms with E-state index in [0.717, 1.165) is 0 Å². The number of rotatable bonds is 0. The molecule has 1 aromatic heterocycles. The van der Waals surface area contributed by atoms with Crippen molar-refractivity contribution in [2.24, 2.45) is 0 Å². The summed E-state index contributed by atoms with van der Waals surface area (Å²) in [6.07, 6.45) is 3.50. The van der Waals surface area contributed by atoms with Crippen molar-refractivity contribution < 1.29 is 50.9 Å².